The molecule has 0 unspecified atom stereocenters. The third-order valence-electron chi connectivity index (χ3n) is 3.57. The number of anilines is 2. The van der Waals surface area contributed by atoms with E-state index in [0.29, 0.717) is 6.54 Å². The normalized spacial score (nSPS) is 16.0. The molecule has 7 heteroatoms. The minimum atomic E-state index is -0.466. The number of hydrogen-bond donors (Lipinski definition) is 3. The van der Waals surface area contributed by atoms with Gasteiger partial charge in [-0.2, -0.15) is 0 Å². The van der Waals surface area contributed by atoms with Gasteiger partial charge in [-0.25, -0.2) is 4.39 Å². The van der Waals surface area contributed by atoms with Gasteiger partial charge in [0.05, 0.1) is 18.8 Å². The van der Waals surface area contributed by atoms with E-state index in [9.17, 15) is 9.18 Å². The molecule has 0 aromatic heterocycles. The number of carbonyl (C=O) groups excluding carboxylic acids is 1. The van der Waals surface area contributed by atoms with Crippen molar-refractivity contribution in [3.8, 4) is 0 Å². The lowest BCUT2D eigenvalue weighted by Crippen LogP contribution is -2.47. The second kappa shape index (κ2) is 7.35. The number of carbonyl (C=O) groups is 1. The second-order valence-corrected chi connectivity index (χ2v) is 4.97. The lowest BCUT2D eigenvalue weighted by molar-refractivity contribution is -0.114. The van der Waals surface area contributed by atoms with Gasteiger partial charge in [0.1, 0.15) is 5.82 Å². The number of benzene rings is 1. The summed E-state index contributed by atoms with van der Waals surface area (Å²) >= 11 is 0. The number of β-amino-alcohol motifs (C(OH)–C–C–N with tert-alkyl or cyclic N) is 1. The molecule has 6 nitrogen and oxygen atoms in total. The number of aliphatic hydroxyl groups is 1. The van der Waals surface area contributed by atoms with E-state index in [1.54, 1.807) is 12.1 Å². The zero-order valence-electron chi connectivity index (χ0n) is 11.9. The van der Waals surface area contributed by atoms with E-state index in [1.165, 1.54) is 6.07 Å². The first-order chi connectivity index (χ1) is 10.1. The third-order valence-corrected chi connectivity index (χ3v) is 3.57. The molecule has 0 bridgehead atoms. The first-order valence-electron chi connectivity index (χ1n) is 7.01. The Kier molecular flexibility index (Phi) is 5.49. The van der Waals surface area contributed by atoms with Gasteiger partial charge in [-0.1, -0.05) is 0 Å². The predicted octanol–water partition coefficient (Wildman–Crippen LogP) is -0.163. The molecular weight excluding hydrogens is 275 g/mol. The standard InChI is InChI=1S/C14H21FN4O2/c15-12-9-11(1-2-13(12)17-14(21)10-16)19-5-3-18(4-6-19)7-8-20/h1-2,9,20H,3-8,10,16H2,(H,17,21). The number of amides is 1. The summed E-state index contributed by atoms with van der Waals surface area (Å²) in [6.45, 7) is 3.91. The van der Waals surface area contributed by atoms with Crippen molar-refractivity contribution in [2.24, 2.45) is 5.73 Å². The average molecular weight is 296 g/mol. The highest BCUT2D eigenvalue weighted by atomic mass is 19.1. The maximum atomic E-state index is 14.0. The molecule has 1 amide bonds. The van der Waals surface area contributed by atoms with Crippen LogP contribution in [0.2, 0.25) is 0 Å². The number of rotatable bonds is 5. The number of nitrogens with zero attached hydrogens (tertiary/aromatic N) is 2. The van der Waals surface area contributed by atoms with Crippen LogP contribution in [0.25, 0.3) is 0 Å². The molecule has 21 heavy (non-hydrogen) atoms. The fourth-order valence-electron chi connectivity index (χ4n) is 2.37. The highest BCUT2D eigenvalue weighted by molar-refractivity contribution is 5.92. The summed E-state index contributed by atoms with van der Waals surface area (Å²) in [6, 6.07) is 4.77. The zero-order chi connectivity index (χ0) is 15.2. The van der Waals surface area contributed by atoms with Crippen molar-refractivity contribution >= 4 is 17.3 Å². The highest BCUT2D eigenvalue weighted by Gasteiger charge is 2.17. The lowest BCUT2D eigenvalue weighted by Gasteiger charge is -2.35. The van der Waals surface area contributed by atoms with Crippen molar-refractivity contribution in [3.05, 3.63) is 24.0 Å². The Morgan fingerprint density at radius 1 is 1.33 bits per heavy atom. The van der Waals surface area contributed by atoms with Crippen LogP contribution in [-0.2, 0) is 4.79 Å². The number of nitrogens with two attached hydrogens (primary N) is 1. The average Bonchev–Trinajstić information content (AvgIpc) is 2.50. The zero-order valence-corrected chi connectivity index (χ0v) is 11.9. The van der Waals surface area contributed by atoms with Crippen molar-refractivity contribution in [2.75, 3.05) is 56.1 Å². The number of halogens is 1. The Labute approximate surface area is 123 Å². The molecule has 0 spiro atoms. The van der Waals surface area contributed by atoms with Gasteiger partial charge in [0.25, 0.3) is 0 Å². The fourth-order valence-corrected chi connectivity index (χ4v) is 2.37. The Balaban J connectivity index is 1.99. The molecule has 1 heterocycles. The number of hydrogen-bond acceptors (Lipinski definition) is 5. The Morgan fingerprint density at radius 2 is 2.05 bits per heavy atom. The molecule has 0 radical (unpaired) electrons. The van der Waals surface area contributed by atoms with Gasteiger partial charge < -0.3 is 21.1 Å². The van der Waals surface area contributed by atoms with E-state index in [2.05, 4.69) is 15.1 Å². The van der Waals surface area contributed by atoms with Crippen LogP contribution < -0.4 is 16.0 Å². The van der Waals surface area contributed by atoms with E-state index in [-0.39, 0.29) is 18.8 Å². The lowest BCUT2D eigenvalue weighted by atomic mass is 10.2. The summed E-state index contributed by atoms with van der Waals surface area (Å²) in [7, 11) is 0. The smallest absolute Gasteiger partial charge is 0.238 e. The first kappa shape index (κ1) is 15.7. The largest absolute Gasteiger partial charge is 0.395 e. The first-order valence-corrected chi connectivity index (χ1v) is 7.01. The van der Waals surface area contributed by atoms with Gasteiger partial charge in [0, 0.05) is 38.4 Å². The van der Waals surface area contributed by atoms with E-state index in [0.717, 1.165) is 31.9 Å². The van der Waals surface area contributed by atoms with Crippen molar-refractivity contribution < 1.29 is 14.3 Å². The minimum absolute atomic E-state index is 0.146. The SMILES string of the molecule is NCC(=O)Nc1ccc(N2CCN(CCO)CC2)cc1F. The molecule has 2 rings (SSSR count). The molecule has 1 aliphatic rings. The number of aliphatic hydroxyl groups excluding tert-OH is 1. The summed E-state index contributed by atoms with van der Waals surface area (Å²) in [4.78, 5) is 15.4. The van der Waals surface area contributed by atoms with Gasteiger partial charge in [-0.05, 0) is 18.2 Å². The molecule has 0 atom stereocenters. The summed E-state index contributed by atoms with van der Waals surface area (Å²) in [6.07, 6.45) is 0. The van der Waals surface area contributed by atoms with Crippen LogP contribution >= 0.6 is 0 Å². The maximum Gasteiger partial charge on any atom is 0.238 e. The van der Waals surface area contributed by atoms with Crippen LogP contribution in [0.15, 0.2) is 18.2 Å². The minimum Gasteiger partial charge on any atom is -0.395 e. The number of nitrogens with one attached hydrogen (secondary N) is 1. The molecular formula is C14H21FN4O2. The predicted molar refractivity (Wildman–Crippen MR) is 79.8 cm³/mol. The maximum absolute atomic E-state index is 14.0. The van der Waals surface area contributed by atoms with Crippen LogP contribution in [0.1, 0.15) is 0 Å². The third kappa shape index (κ3) is 4.13. The Morgan fingerprint density at radius 3 is 2.62 bits per heavy atom. The van der Waals surface area contributed by atoms with E-state index in [1.807, 2.05) is 0 Å². The second-order valence-electron chi connectivity index (χ2n) is 4.97. The van der Waals surface area contributed by atoms with Crippen molar-refractivity contribution in [1.82, 2.24) is 4.90 Å². The van der Waals surface area contributed by atoms with Gasteiger partial charge in [-0.15, -0.1) is 0 Å². The van der Waals surface area contributed by atoms with Gasteiger partial charge in [0.15, 0.2) is 0 Å². The molecule has 0 saturated carbocycles. The van der Waals surface area contributed by atoms with Crippen LogP contribution in [-0.4, -0.2) is 61.8 Å². The van der Waals surface area contributed by atoms with E-state index < -0.39 is 11.7 Å². The van der Waals surface area contributed by atoms with E-state index >= 15 is 0 Å². The summed E-state index contributed by atoms with van der Waals surface area (Å²) in [5.41, 5.74) is 6.13. The van der Waals surface area contributed by atoms with Gasteiger partial charge in [0.2, 0.25) is 5.91 Å². The monoisotopic (exact) mass is 296 g/mol. The molecule has 1 aromatic rings. The van der Waals surface area contributed by atoms with Crippen LogP contribution in [0.5, 0.6) is 0 Å². The molecule has 116 valence electrons. The summed E-state index contributed by atoms with van der Waals surface area (Å²) in [5, 5.41) is 11.3. The van der Waals surface area contributed by atoms with E-state index in [4.69, 9.17) is 10.8 Å². The molecule has 1 aliphatic heterocycles. The van der Waals surface area contributed by atoms with Crippen LogP contribution in [0.3, 0.4) is 0 Å². The molecule has 0 aliphatic carbocycles. The fraction of sp³-hybridized carbons (Fsp3) is 0.500. The molecule has 4 N–H and O–H groups in total. The Bertz CT molecular complexity index is 490. The summed E-state index contributed by atoms with van der Waals surface area (Å²) in [5.74, 6) is -0.883. The van der Waals surface area contributed by atoms with Gasteiger partial charge in [-0.3, -0.25) is 9.69 Å². The Hall–Kier alpha value is -1.70. The van der Waals surface area contributed by atoms with Gasteiger partial charge >= 0.3 is 0 Å². The quantitative estimate of drug-likeness (QED) is 0.703. The van der Waals surface area contributed by atoms with Crippen molar-refractivity contribution in [1.29, 1.82) is 0 Å². The summed E-state index contributed by atoms with van der Waals surface area (Å²) < 4.78 is 14.0. The highest BCUT2D eigenvalue weighted by Crippen LogP contribution is 2.23. The van der Waals surface area contributed by atoms with Crippen molar-refractivity contribution in [2.45, 2.75) is 0 Å². The topological polar surface area (TPSA) is 81.8 Å². The molecule has 1 aromatic carbocycles. The van der Waals surface area contributed by atoms with Crippen LogP contribution in [0.4, 0.5) is 15.8 Å². The number of piperazine rings is 1. The van der Waals surface area contributed by atoms with Crippen LogP contribution in [0, 0.1) is 5.82 Å². The molecule has 1 fully saturated rings. The van der Waals surface area contributed by atoms with Crippen molar-refractivity contribution in [3.63, 3.8) is 0 Å². The molecule has 1 saturated heterocycles.